The summed E-state index contributed by atoms with van der Waals surface area (Å²) in [6.45, 7) is 2.21. The van der Waals surface area contributed by atoms with Crippen LogP contribution in [-0.4, -0.2) is 0 Å². The SMILES string of the molecule is CCC1(Nc2ccccc2)Nc2c(-c3cccc(-c4ccc(N)cc4)c3)cccc21. The van der Waals surface area contributed by atoms with E-state index in [0.717, 1.165) is 17.8 Å². The van der Waals surface area contributed by atoms with Crippen LogP contribution in [0.15, 0.2) is 97.1 Å². The molecule has 0 aliphatic carbocycles. The molecule has 3 heteroatoms. The van der Waals surface area contributed by atoms with Gasteiger partial charge in [-0.2, -0.15) is 0 Å². The average Bonchev–Trinajstić information content (AvgIpc) is 2.78. The number of nitrogens with two attached hydrogens (primary N) is 1. The maximum Gasteiger partial charge on any atom is 0.136 e. The molecule has 0 bridgehead atoms. The van der Waals surface area contributed by atoms with Crippen LogP contribution in [0, 0.1) is 0 Å². The third-order valence-corrected chi connectivity index (χ3v) is 5.94. The van der Waals surface area contributed by atoms with Gasteiger partial charge in [-0.3, -0.25) is 0 Å². The fraction of sp³-hybridized carbons (Fsp3) is 0.111. The number of benzene rings is 4. The molecule has 4 N–H and O–H groups in total. The van der Waals surface area contributed by atoms with Crippen LogP contribution in [0.1, 0.15) is 18.9 Å². The fourth-order valence-corrected chi connectivity index (χ4v) is 4.28. The van der Waals surface area contributed by atoms with Gasteiger partial charge >= 0.3 is 0 Å². The second-order valence-electron chi connectivity index (χ2n) is 7.81. The monoisotopic (exact) mass is 391 g/mol. The Hall–Kier alpha value is -3.72. The predicted molar refractivity (Wildman–Crippen MR) is 127 cm³/mol. The number of rotatable bonds is 5. The van der Waals surface area contributed by atoms with Crippen molar-refractivity contribution in [2.45, 2.75) is 19.0 Å². The molecule has 4 aromatic rings. The van der Waals surface area contributed by atoms with Crippen molar-refractivity contribution < 1.29 is 0 Å². The molecule has 0 fully saturated rings. The van der Waals surface area contributed by atoms with Crippen molar-refractivity contribution >= 4 is 17.1 Å². The van der Waals surface area contributed by atoms with Crippen LogP contribution in [0.5, 0.6) is 0 Å². The Balaban J connectivity index is 1.51. The number of nitrogens with one attached hydrogen (secondary N) is 2. The first-order valence-corrected chi connectivity index (χ1v) is 10.4. The van der Waals surface area contributed by atoms with Crippen LogP contribution >= 0.6 is 0 Å². The number of nitrogen functional groups attached to an aromatic ring is 1. The van der Waals surface area contributed by atoms with Gasteiger partial charge in [-0.05, 0) is 53.4 Å². The lowest BCUT2D eigenvalue weighted by molar-refractivity contribution is 0.504. The molecule has 0 spiro atoms. The molecule has 4 aromatic carbocycles. The minimum Gasteiger partial charge on any atom is -0.399 e. The molecule has 1 aliphatic heterocycles. The molecule has 0 saturated heterocycles. The van der Waals surface area contributed by atoms with Crippen molar-refractivity contribution in [2.24, 2.45) is 0 Å². The zero-order valence-corrected chi connectivity index (χ0v) is 17.0. The van der Waals surface area contributed by atoms with Crippen molar-refractivity contribution in [3.8, 4) is 22.3 Å². The molecular weight excluding hydrogens is 366 g/mol. The number of anilines is 3. The zero-order valence-electron chi connectivity index (χ0n) is 17.0. The minimum absolute atomic E-state index is 0.235. The van der Waals surface area contributed by atoms with E-state index in [-0.39, 0.29) is 5.66 Å². The maximum atomic E-state index is 5.85. The third kappa shape index (κ3) is 3.09. The van der Waals surface area contributed by atoms with E-state index in [1.807, 2.05) is 18.2 Å². The van der Waals surface area contributed by atoms with Gasteiger partial charge in [-0.1, -0.05) is 73.7 Å². The van der Waals surface area contributed by atoms with E-state index in [1.54, 1.807) is 0 Å². The quantitative estimate of drug-likeness (QED) is 0.332. The summed E-state index contributed by atoms with van der Waals surface area (Å²) < 4.78 is 0. The summed E-state index contributed by atoms with van der Waals surface area (Å²) in [5.74, 6) is 0. The van der Waals surface area contributed by atoms with E-state index in [2.05, 4.69) is 96.4 Å². The zero-order chi connectivity index (χ0) is 20.6. The summed E-state index contributed by atoms with van der Waals surface area (Å²) >= 11 is 0. The first-order valence-electron chi connectivity index (χ1n) is 10.4. The number of fused-ring (bicyclic) bond motifs is 1. The first-order chi connectivity index (χ1) is 14.7. The van der Waals surface area contributed by atoms with Gasteiger partial charge in [0.25, 0.3) is 0 Å². The molecule has 0 aromatic heterocycles. The first kappa shape index (κ1) is 18.3. The van der Waals surface area contributed by atoms with Crippen molar-refractivity contribution in [1.82, 2.24) is 0 Å². The molecule has 0 saturated carbocycles. The van der Waals surface area contributed by atoms with Gasteiger partial charge in [0.05, 0.1) is 5.69 Å². The molecule has 0 radical (unpaired) electrons. The Morgan fingerprint density at radius 1 is 0.767 bits per heavy atom. The highest BCUT2D eigenvalue weighted by molar-refractivity contribution is 5.88. The second kappa shape index (κ2) is 7.27. The molecule has 1 unspecified atom stereocenters. The summed E-state index contributed by atoms with van der Waals surface area (Å²) in [6, 6.07) is 33.7. The Bertz CT molecular complexity index is 1180. The summed E-state index contributed by atoms with van der Waals surface area (Å²) in [5, 5.41) is 7.44. The van der Waals surface area contributed by atoms with E-state index in [0.29, 0.717) is 0 Å². The molecule has 5 rings (SSSR count). The highest BCUT2D eigenvalue weighted by atomic mass is 15.2. The van der Waals surface area contributed by atoms with Crippen LogP contribution in [0.3, 0.4) is 0 Å². The van der Waals surface area contributed by atoms with Gasteiger partial charge in [-0.25, -0.2) is 0 Å². The van der Waals surface area contributed by atoms with Gasteiger partial charge in [-0.15, -0.1) is 0 Å². The molecular formula is C27H25N3. The Labute approximate surface area is 177 Å². The lowest BCUT2D eigenvalue weighted by Gasteiger charge is -2.47. The molecule has 0 amide bonds. The van der Waals surface area contributed by atoms with Gasteiger partial charge in [0.1, 0.15) is 5.66 Å². The fourth-order valence-electron chi connectivity index (χ4n) is 4.28. The number of hydrogen-bond donors (Lipinski definition) is 3. The van der Waals surface area contributed by atoms with Gasteiger partial charge in [0.15, 0.2) is 0 Å². The summed E-state index contributed by atoms with van der Waals surface area (Å²) in [6.07, 6.45) is 0.948. The third-order valence-electron chi connectivity index (χ3n) is 5.94. The standard InChI is InChI=1S/C27H25N3/c1-2-27(29-23-10-4-3-5-11-23)25-13-7-12-24(26(25)30-27)21-9-6-8-20(18-21)19-14-16-22(28)17-15-19/h3-18,29-30H,2,28H2,1H3. The minimum atomic E-state index is -0.235. The predicted octanol–water partition coefficient (Wildman–Crippen LogP) is 6.70. The van der Waals surface area contributed by atoms with Crippen molar-refractivity contribution in [1.29, 1.82) is 0 Å². The largest absolute Gasteiger partial charge is 0.399 e. The van der Waals surface area contributed by atoms with E-state index in [1.165, 1.54) is 33.5 Å². The maximum absolute atomic E-state index is 5.85. The highest BCUT2D eigenvalue weighted by Crippen LogP contribution is 2.49. The van der Waals surface area contributed by atoms with Crippen LogP contribution in [-0.2, 0) is 5.66 Å². The molecule has 1 atom stereocenters. The molecule has 30 heavy (non-hydrogen) atoms. The molecule has 148 valence electrons. The van der Waals surface area contributed by atoms with E-state index < -0.39 is 0 Å². The van der Waals surface area contributed by atoms with E-state index in [4.69, 9.17) is 5.73 Å². The van der Waals surface area contributed by atoms with E-state index >= 15 is 0 Å². The van der Waals surface area contributed by atoms with Crippen molar-refractivity contribution in [2.75, 3.05) is 16.4 Å². The lowest BCUT2D eigenvalue weighted by Crippen LogP contribution is -2.50. The number of hydrogen-bond acceptors (Lipinski definition) is 3. The lowest BCUT2D eigenvalue weighted by atomic mass is 9.82. The Morgan fingerprint density at radius 2 is 1.50 bits per heavy atom. The highest BCUT2D eigenvalue weighted by Gasteiger charge is 2.42. The summed E-state index contributed by atoms with van der Waals surface area (Å²) in [7, 11) is 0. The van der Waals surface area contributed by atoms with Gasteiger partial charge in [0, 0.05) is 22.5 Å². The van der Waals surface area contributed by atoms with Gasteiger partial charge < -0.3 is 16.4 Å². The second-order valence-corrected chi connectivity index (χ2v) is 7.81. The van der Waals surface area contributed by atoms with Crippen LogP contribution in [0.4, 0.5) is 17.1 Å². The van der Waals surface area contributed by atoms with Gasteiger partial charge in [0.2, 0.25) is 0 Å². The normalized spacial score (nSPS) is 16.8. The summed E-state index contributed by atoms with van der Waals surface area (Å²) in [5.41, 5.74) is 14.8. The van der Waals surface area contributed by atoms with E-state index in [9.17, 15) is 0 Å². The van der Waals surface area contributed by atoms with Crippen molar-refractivity contribution in [3.05, 3.63) is 103 Å². The molecule has 3 nitrogen and oxygen atoms in total. The Morgan fingerprint density at radius 3 is 2.27 bits per heavy atom. The average molecular weight is 392 g/mol. The number of para-hydroxylation sites is 2. The molecule has 1 aliphatic rings. The summed E-state index contributed by atoms with van der Waals surface area (Å²) in [4.78, 5) is 0. The van der Waals surface area contributed by atoms with Crippen molar-refractivity contribution in [3.63, 3.8) is 0 Å². The van der Waals surface area contributed by atoms with Crippen LogP contribution in [0.25, 0.3) is 22.3 Å². The van der Waals surface area contributed by atoms with Crippen LogP contribution in [0.2, 0.25) is 0 Å². The van der Waals surface area contributed by atoms with Crippen LogP contribution < -0.4 is 16.4 Å². The smallest absolute Gasteiger partial charge is 0.136 e. The molecule has 1 heterocycles. The Kier molecular flexibility index (Phi) is 4.44. The topological polar surface area (TPSA) is 50.1 Å².